The molecule has 1 unspecified atom stereocenters. The molecule has 4 rings (SSSR count). The lowest BCUT2D eigenvalue weighted by molar-refractivity contribution is -0.113. The summed E-state index contributed by atoms with van der Waals surface area (Å²) in [5, 5.41) is 15.0. The van der Waals surface area contributed by atoms with Crippen LogP contribution in [-0.4, -0.2) is 46.6 Å². The van der Waals surface area contributed by atoms with E-state index < -0.39 is 5.97 Å². The number of amides is 1. The average Bonchev–Trinajstić information content (AvgIpc) is 3.57. The van der Waals surface area contributed by atoms with Gasteiger partial charge in [-0.1, -0.05) is 35.5 Å². The second kappa shape index (κ2) is 13.2. The highest BCUT2D eigenvalue weighted by Gasteiger charge is 2.24. The molecule has 2 heterocycles. The number of hydrogen-bond acceptors (Lipinski definition) is 9. The van der Waals surface area contributed by atoms with Gasteiger partial charge in [-0.15, -0.1) is 21.5 Å². The van der Waals surface area contributed by atoms with Crippen LogP contribution in [0.5, 0.6) is 11.5 Å². The van der Waals surface area contributed by atoms with Crippen molar-refractivity contribution in [3.8, 4) is 22.6 Å². The van der Waals surface area contributed by atoms with E-state index in [1.54, 1.807) is 13.2 Å². The van der Waals surface area contributed by atoms with Crippen molar-refractivity contribution in [3.05, 3.63) is 69.8 Å². The molecule has 0 radical (unpaired) electrons. The highest BCUT2D eigenvalue weighted by atomic mass is 35.5. The number of nitrogens with one attached hydrogen (secondary N) is 1. The minimum atomic E-state index is -0.532. The number of carbonyl (C=O) groups is 2. The lowest BCUT2D eigenvalue weighted by Gasteiger charge is -2.17. The Hall–Kier alpha value is -3.54. The number of halogens is 1. The summed E-state index contributed by atoms with van der Waals surface area (Å²) < 4.78 is 18.3. The molecular formula is C28H29ClN4O5S2. The summed E-state index contributed by atoms with van der Waals surface area (Å²) in [7, 11) is 2.90. The number of rotatable bonds is 11. The number of aromatic nitrogens is 3. The molecule has 12 heteroatoms. The summed E-state index contributed by atoms with van der Waals surface area (Å²) in [4.78, 5) is 25.6. The topological polar surface area (TPSA) is 105 Å². The van der Waals surface area contributed by atoms with E-state index in [9.17, 15) is 9.59 Å². The predicted molar refractivity (Wildman–Crippen MR) is 158 cm³/mol. The number of thiophene rings is 1. The smallest absolute Gasteiger partial charge is 0.341 e. The zero-order chi connectivity index (χ0) is 28.8. The molecule has 2 aromatic carbocycles. The maximum atomic E-state index is 12.9. The fourth-order valence-corrected chi connectivity index (χ4v) is 6.03. The van der Waals surface area contributed by atoms with Crippen molar-refractivity contribution in [1.29, 1.82) is 0 Å². The maximum absolute atomic E-state index is 12.9. The molecule has 40 heavy (non-hydrogen) atoms. The van der Waals surface area contributed by atoms with Crippen molar-refractivity contribution in [2.45, 2.75) is 38.6 Å². The maximum Gasteiger partial charge on any atom is 0.341 e. The summed E-state index contributed by atoms with van der Waals surface area (Å²) in [6.45, 7) is 6.41. The third-order valence-electron chi connectivity index (χ3n) is 6.03. The summed E-state index contributed by atoms with van der Waals surface area (Å²) >= 11 is 8.58. The van der Waals surface area contributed by atoms with Crippen LogP contribution in [-0.2, 0) is 16.1 Å². The van der Waals surface area contributed by atoms with Crippen molar-refractivity contribution >= 4 is 51.6 Å². The van der Waals surface area contributed by atoms with Crippen molar-refractivity contribution in [2.24, 2.45) is 0 Å². The first-order valence-corrected chi connectivity index (χ1v) is 14.6. The van der Waals surface area contributed by atoms with E-state index in [0.717, 1.165) is 11.1 Å². The molecule has 0 aliphatic heterocycles. The number of hydrogen-bond donors (Lipinski definition) is 1. The molecule has 1 N–H and O–H groups in total. The Balaban J connectivity index is 1.46. The van der Waals surface area contributed by atoms with E-state index in [4.69, 9.17) is 25.8 Å². The van der Waals surface area contributed by atoms with Crippen molar-refractivity contribution in [1.82, 2.24) is 14.8 Å². The number of thioether (sulfide) groups is 1. The number of nitrogens with zero attached hydrogens (tertiary/aromatic N) is 3. The van der Waals surface area contributed by atoms with Crippen LogP contribution in [0, 0.1) is 6.92 Å². The number of anilines is 1. The zero-order valence-electron chi connectivity index (χ0n) is 22.7. The van der Waals surface area contributed by atoms with Gasteiger partial charge in [0.2, 0.25) is 5.91 Å². The van der Waals surface area contributed by atoms with Gasteiger partial charge >= 0.3 is 5.97 Å². The summed E-state index contributed by atoms with van der Waals surface area (Å²) in [6, 6.07) is 12.8. The number of carbonyl (C=O) groups excluding carboxylic acids is 2. The van der Waals surface area contributed by atoms with Gasteiger partial charge in [-0.25, -0.2) is 4.79 Å². The third kappa shape index (κ3) is 6.60. The first-order valence-electron chi connectivity index (χ1n) is 12.4. The molecule has 0 fully saturated rings. The summed E-state index contributed by atoms with van der Waals surface area (Å²) in [6.07, 6.45) is -0.374. The molecule has 1 amide bonds. The number of ether oxygens (including phenoxy) is 3. The van der Waals surface area contributed by atoms with Gasteiger partial charge in [-0.05, 0) is 62.2 Å². The van der Waals surface area contributed by atoms with Crippen molar-refractivity contribution < 1.29 is 23.8 Å². The van der Waals surface area contributed by atoms with Crippen molar-refractivity contribution in [3.63, 3.8) is 0 Å². The zero-order valence-corrected chi connectivity index (χ0v) is 25.1. The molecule has 4 aromatic rings. The minimum Gasteiger partial charge on any atom is -0.497 e. The highest BCUT2D eigenvalue weighted by Crippen LogP contribution is 2.37. The first kappa shape index (κ1) is 29.4. The standard InChI is InChI=1S/C28H29ClN4O5S2/c1-6-33-25(17(3)38-22-12-9-19(29)13-16(22)2)31-32-28(33)40-15-23(34)30-26-24(27(35)37-5)21(14-39-26)18-7-10-20(36-4)11-8-18/h7-14,17H,6,15H2,1-5H3,(H,30,34). The summed E-state index contributed by atoms with van der Waals surface area (Å²) in [5.41, 5.74) is 2.70. The Kier molecular flexibility index (Phi) is 9.72. The van der Waals surface area contributed by atoms with Gasteiger partial charge in [0.1, 0.15) is 22.1 Å². The Morgan fingerprint density at radius 1 is 1.15 bits per heavy atom. The molecule has 210 valence electrons. The minimum absolute atomic E-state index is 0.0695. The second-order valence-corrected chi connectivity index (χ2v) is 10.9. The van der Waals surface area contributed by atoms with E-state index in [2.05, 4.69) is 15.5 Å². The molecule has 0 saturated carbocycles. The van der Waals surface area contributed by atoms with E-state index in [1.165, 1.54) is 30.2 Å². The third-order valence-corrected chi connectivity index (χ3v) is 8.13. The lowest BCUT2D eigenvalue weighted by Crippen LogP contribution is -2.17. The van der Waals surface area contributed by atoms with E-state index in [-0.39, 0.29) is 17.8 Å². The van der Waals surface area contributed by atoms with Gasteiger partial charge in [-0.2, -0.15) is 0 Å². The van der Waals surface area contributed by atoms with Gasteiger partial charge in [0, 0.05) is 22.5 Å². The Morgan fingerprint density at radius 3 is 2.55 bits per heavy atom. The Bertz CT molecular complexity index is 1500. The quantitative estimate of drug-likeness (QED) is 0.151. The molecule has 0 spiro atoms. The van der Waals surface area contributed by atoms with Crippen molar-refractivity contribution in [2.75, 3.05) is 25.3 Å². The summed E-state index contributed by atoms with van der Waals surface area (Å²) in [5.74, 6) is 1.31. The van der Waals surface area contributed by atoms with Crippen LogP contribution in [0.2, 0.25) is 5.02 Å². The Labute approximate surface area is 245 Å². The number of benzene rings is 2. The molecule has 0 bridgehead atoms. The van der Waals surface area contributed by atoms with Gasteiger partial charge in [0.25, 0.3) is 0 Å². The van der Waals surface area contributed by atoms with Gasteiger partial charge in [0.15, 0.2) is 17.1 Å². The average molecular weight is 601 g/mol. The molecule has 2 aromatic heterocycles. The SMILES string of the molecule is CCn1c(SCC(=O)Nc2scc(-c3ccc(OC)cc3)c2C(=O)OC)nnc1C(C)Oc1ccc(Cl)cc1C. The number of esters is 1. The Morgan fingerprint density at radius 2 is 1.90 bits per heavy atom. The van der Waals surface area contributed by atoms with Crippen LogP contribution in [0.4, 0.5) is 5.00 Å². The van der Waals surface area contributed by atoms with Crippen LogP contribution < -0.4 is 14.8 Å². The van der Waals surface area contributed by atoms with Gasteiger partial charge in [-0.3, -0.25) is 4.79 Å². The molecule has 1 atom stereocenters. The van der Waals surface area contributed by atoms with E-state index in [0.29, 0.717) is 50.2 Å². The van der Waals surface area contributed by atoms with Crippen LogP contribution in [0.3, 0.4) is 0 Å². The van der Waals surface area contributed by atoms with Crippen LogP contribution >= 0.6 is 34.7 Å². The molecule has 0 aliphatic carbocycles. The lowest BCUT2D eigenvalue weighted by atomic mass is 10.0. The number of aryl methyl sites for hydroxylation is 1. The molecule has 0 aliphatic rings. The van der Waals surface area contributed by atoms with Gasteiger partial charge < -0.3 is 24.1 Å². The van der Waals surface area contributed by atoms with Gasteiger partial charge in [0.05, 0.1) is 20.0 Å². The van der Waals surface area contributed by atoms with E-state index in [1.807, 2.05) is 67.1 Å². The fourth-order valence-electron chi connectivity index (χ4n) is 4.02. The first-order chi connectivity index (χ1) is 19.2. The van der Waals surface area contributed by atoms with Crippen LogP contribution in [0.25, 0.3) is 11.1 Å². The van der Waals surface area contributed by atoms with Crippen LogP contribution in [0.1, 0.15) is 41.7 Å². The number of methoxy groups -OCH3 is 2. The molecular weight excluding hydrogens is 572 g/mol. The normalized spacial score (nSPS) is 11.7. The predicted octanol–water partition coefficient (Wildman–Crippen LogP) is 6.65. The highest BCUT2D eigenvalue weighted by molar-refractivity contribution is 7.99. The van der Waals surface area contributed by atoms with E-state index >= 15 is 0 Å². The molecule has 0 saturated heterocycles. The van der Waals surface area contributed by atoms with Crippen LogP contribution in [0.15, 0.2) is 53.0 Å². The second-order valence-electron chi connectivity index (χ2n) is 8.67. The largest absolute Gasteiger partial charge is 0.497 e. The molecule has 9 nitrogen and oxygen atoms in total. The monoisotopic (exact) mass is 600 g/mol. The fraction of sp³-hybridized carbons (Fsp3) is 0.286.